The molecule has 3 heterocycles. The quantitative estimate of drug-likeness (QED) is 0.666. The predicted molar refractivity (Wildman–Crippen MR) is 115 cm³/mol. The van der Waals surface area contributed by atoms with Crippen LogP contribution in [0.25, 0.3) is 0 Å². The number of aromatic nitrogens is 2. The minimum Gasteiger partial charge on any atom is -0.361 e. The average Bonchev–Trinajstić information content (AvgIpc) is 2.84. The highest BCUT2D eigenvalue weighted by atomic mass is 16.5. The predicted octanol–water partition coefficient (Wildman–Crippen LogP) is 2.25. The second-order valence-corrected chi connectivity index (χ2v) is 7.45. The Bertz CT molecular complexity index is 1010. The summed E-state index contributed by atoms with van der Waals surface area (Å²) in [5, 5.41) is 2.98. The van der Waals surface area contributed by atoms with Gasteiger partial charge in [-0.3, -0.25) is 19.6 Å². The van der Waals surface area contributed by atoms with Gasteiger partial charge in [-0.05, 0) is 29.8 Å². The molecule has 1 atom stereocenters. The van der Waals surface area contributed by atoms with E-state index in [1.165, 1.54) is 0 Å². The van der Waals surface area contributed by atoms with Gasteiger partial charge in [-0.2, -0.15) is 0 Å². The van der Waals surface area contributed by atoms with Crippen LogP contribution in [0.2, 0.25) is 0 Å². The third kappa shape index (κ3) is 4.95. The molecular weight excluding hydrogens is 392 g/mol. The third-order valence-electron chi connectivity index (χ3n) is 5.26. The standard InChI is InChI=1S/C24H24N4O3/c29-22(21-11-5-7-13-26-21)28-14-15-31-24(18-28,16-20-10-4-6-12-25-20)23(30)27-17-19-8-2-1-3-9-19/h1-13H,14-18H2,(H,27,30)/t24-/m0/s1. The molecule has 7 nitrogen and oxygen atoms in total. The number of nitrogens with zero attached hydrogens (tertiary/aromatic N) is 3. The molecule has 1 N–H and O–H groups in total. The molecule has 1 aromatic carbocycles. The van der Waals surface area contributed by atoms with E-state index in [1.807, 2.05) is 48.5 Å². The molecule has 1 aliphatic rings. The van der Waals surface area contributed by atoms with Crippen molar-refractivity contribution in [3.8, 4) is 0 Å². The number of benzene rings is 1. The molecule has 3 aromatic rings. The molecule has 4 rings (SSSR count). The van der Waals surface area contributed by atoms with Gasteiger partial charge >= 0.3 is 0 Å². The number of pyridine rings is 2. The van der Waals surface area contributed by atoms with Crippen molar-refractivity contribution in [2.45, 2.75) is 18.6 Å². The van der Waals surface area contributed by atoms with Gasteiger partial charge in [0.25, 0.3) is 11.8 Å². The molecule has 158 valence electrons. The highest BCUT2D eigenvalue weighted by Gasteiger charge is 2.45. The lowest BCUT2D eigenvalue weighted by Gasteiger charge is -2.41. The molecule has 0 saturated carbocycles. The molecule has 0 unspecified atom stereocenters. The number of hydrogen-bond acceptors (Lipinski definition) is 5. The zero-order valence-corrected chi connectivity index (χ0v) is 17.1. The molecule has 31 heavy (non-hydrogen) atoms. The fourth-order valence-corrected chi connectivity index (χ4v) is 3.67. The van der Waals surface area contributed by atoms with Crippen LogP contribution < -0.4 is 5.32 Å². The van der Waals surface area contributed by atoms with Crippen molar-refractivity contribution >= 4 is 11.8 Å². The number of amides is 2. The molecule has 1 saturated heterocycles. The minimum absolute atomic E-state index is 0.125. The second-order valence-electron chi connectivity index (χ2n) is 7.45. The molecule has 2 aromatic heterocycles. The van der Waals surface area contributed by atoms with Crippen LogP contribution in [0.1, 0.15) is 21.7 Å². The Morgan fingerprint density at radius 3 is 2.42 bits per heavy atom. The van der Waals surface area contributed by atoms with Gasteiger partial charge in [-0.15, -0.1) is 0 Å². The van der Waals surface area contributed by atoms with Crippen molar-refractivity contribution in [3.05, 3.63) is 96.1 Å². The Hall–Kier alpha value is -3.58. The van der Waals surface area contributed by atoms with Crippen molar-refractivity contribution in [3.63, 3.8) is 0 Å². The summed E-state index contributed by atoms with van der Waals surface area (Å²) in [4.78, 5) is 36.6. The molecule has 0 aliphatic carbocycles. The molecule has 7 heteroatoms. The first-order valence-corrected chi connectivity index (χ1v) is 10.2. The van der Waals surface area contributed by atoms with Crippen LogP contribution in [0.3, 0.4) is 0 Å². The van der Waals surface area contributed by atoms with E-state index in [4.69, 9.17) is 4.74 Å². The third-order valence-corrected chi connectivity index (χ3v) is 5.26. The van der Waals surface area contributed by atoms with E-state index in [2.05, 4.69) is 15.3 Å². The Morgan fingerprint density at radius 1 is 0.968 bits per heavy atom. The van der Waals surface area contributed by atoms with Crippen LogP contribution in [0.15, 0.2) is 79.1 Å². The summed E-state index contributed by atoms with van der Waals surface area (Å²) in [6.45, 7) is 1.15. The summed E-state index contributed by atoms with van der Waals surface area (Å²) in [5.74, 6) is -0.481. The molecule has 0 radical (unpaired) electrons. The Kier molecular flexibility index (Phi) is 6.33. The van der Waals surface area contributed by atoms with Crippen molar-refractivity contribution < 1.29 is 14.3 Å². The lowest BCUT2D eigenvalue weighted by Crippen LogP contribution is -2.62. The number of nitrogens with one attached hydrogen (secondary N) is 1. The summed E-state index contributed by atoms with van der Waals surface area (Å²) < 4.78 is 6.07. The summed E-state index contributed by atoms with van der Waals surface area (Å²) in [5.41, 5.74) is 0.831. The number of ether oxygens (including phenoxy) is 1. The van der Waals surface area contributed by atoms with Gasteiger partial charge in [0.2, 0.25) is 0 Å². The van der Waals surface area contributed by atoms with Crippen LogP contribution in [0, 0.1) is 0 Å². The fraction of sp³-hybridized carbons (Fsp3) is 0.250. The number of morpholine rings is 1. The summed E-state index contributed by atoms with van der Waals surface area (Å²) in [7, 11) is 0. The molecule has 1 fully saturated rings. The molecule has 0 spiro atoms. The summed E-state index contributed by atoms with van der Waals surface area (Å²) in [6.07, 6.45) is 3.53. The normalized spacial score (nSPS) is 18.4. The molecular formula is C24H24N4O3. The average molecular weight is 416 g/mol. The first-order valence-electron chi connectivity index (χ1n) is 10.2. The Labute approximate surface area is 181 Å². The number of carbonyl (C=O) groups is 2. The first kappa shape index (κ1) is 20.7. The van der Waals surface area contributed by atoms with Gasteiger partial charge in [0.15, 0.2) is 5.60 Å². The van der Waals surface area contributed by atoms with E-state index in [1.54, 1.807) is 35.5 Å². The highest BCUT2D eigenvalue weighted by molar-refractivity contribution is 5.93. The number of hydrogen-bond donors (Lipinski definition) is 1. The minimum atomic E-state index is -1.23. The summed E-state index contributed by atoms with van der Waals surface area (Å²) >= 11 is 0. The summed E-state index contributed by atoms with van der Waals surface area (Å²) in [6, 6.07) is 20.4. The Morgan fingerprint density at radius 2 is 1.71 bits per heavy atom. The smallest absolute Gasteiger partial charge is 0.272 e. The van der Waals surface area contributed by atoms with Crippen molar-refractivity contribution in [2.75, 3.05) is 19.7 Å². The van der Waals surface area contributed by atoms with Crippen LogP contribution in [0.4, 0.5) is 0 Å². The van der Waals surface area contributed by atoms with Gasteiger partial charge in [-0.25, -0.2) is 0 Å². The van der Waals surface area contributed by atoms with E-state index in [9.17, 15) is 9.59 Å². The maximum Gasteiger partial charge on any atom is 0.272 e. The molecule has 2 amide bonds. The SMILES string of the molecule is O=C(c1ccccn1)N1CCO[C@](Cc2ccccn2)(C(=O)NCc2ccccc2)C1. The fourth-order valence-electron chi connectivity index (χ4n) is 3.67. The molecule has 0 bridgehead atoms. The lowest BCUT2D eigenvalue weighted by atomic mass is 9.93. The van der Waals surface area contributed by atoms with E-state index in [0.717, 1.165) is 11.3 Å². The van der Waals surface area contributed by atoms with Gasteiger partial charge in [0.05, 0.1) is 13.2 Å². The highest BCUT2D eigenvalue weighted by Crippen LogP contribution is 2.24. The maximum absolute atomic E-state index is 13.4. The van der Waals surface area contributed by atoms with E-state index >= 15 is 0 Å². The first-order chi connectivity index (χ1) is 15.2. The monoisotopic (exact) mass is 416 g/mol. The van der Waals surface area contributed by atoms with Gasteiger partial charge in [0, 0.05) is 37.6 Å². The maximum atomic E-state index is 13.4. The largest absolute Gasteiger partial charge is 0.361 e. The van der Waals surface area contributed by atoms with Crippen LogP contribution in [0.5, 0.6) is 0 Å². The van der Waals surface area contributed by atoms with Crippen molar-refractivity contribution in [1.29, 1.82) is 0 Å². The van der Waals surface area contributed by atoms with Gasteiger partial charge in [-0.1, -0.05) is 42.5 Å². The van der Waals surface area contributed by atoms with Crippen molar-refractivity contribution in [2.24, 2.45) is 0 Å². The number of rotatable bonds is 6. The molecule has 1 aliphatic heterocycles. The van der Waals surface area contributed by atoms with E-state index in [-0.39, 0.29) is 31.4 Å². The van der Waals surface area contributed by atoms with E-state index < -0.39 is 5.60 Å². The van der Waals surface area contributed by atoms with E-state index in [0.29, 0.717) is 18.8 Å². The number of carbonyl (C=O) groups excluding carboxylic acids is 2. The van der Waals surface area contributed by atoms with Crippen LogP contribution >= 0.6 is 0 Å². The van der Waals surface area contributed by atoms with Crippen molar-refractivity contribution in [1.82, 2.24) is 20.2 Å². The Balaban J connectivity index is 1.57. The van der Waals surface area contributed by atoms with Crippen LogP contribution in [-0.4, -0.2) is 52.0 Å². The lowest BCUT2D eigenvalue weighted by molar-refractivity contribution is -0.157. The van der Waals surface area contributed by atoms with Gasteiger partial charge in [0.1, 0.15) is 5.69 Å². The topological polar surface area (TPSA) is 84.4 Å². The zero-order valence-electron chi connectivity index (χ0n) is 17.1. The second kappa shape index (κ2) is 9.49. The van der Waals surface area contributed by atoms with Gasteiger partial charge < -0.3 is 15.0 Å². The van der Waals surface area contributed by atoms with Crippen LogP contribution in [-0.2, 0) is 22.5 Å². The zero-order chi connectivity index (χ0) is 21.5.